The van der Waals surface area contributed by atoms with Crippen molar-refractivity contribution in [2.24, 2.45) is 5.41 Å². The first kappa shape index (κ1) is 12.2. The van der Waals surface area contributed by atoms with Crippen molar-refractivity contribution in [1.82, 2.24) is 14.9 Å². The van der Waals surface area contributed by atoms with Crippen LogP contribution in [0, 0.1) is 5.41 Å². The molecule has 1 aromatic heterocycles. The third-order valence-electron chi connectivity index (χ3n) is 4.86. The molecule has 0 bridgehead atoms. The maximum atomic E-state index is 5.55. The lowest BCUT2D eigenvalue weighted by atomic mass is 9.64. The minimum absolute atomic E-state index is 0.197. The van der Waals surface area contributed by atoms with Crippen LogP contribution in [0.15, 0.2) is 12.5 Å². The molecule has 2 aliphatic rings. The molecule has 2 heterocycles. The Morgan fingerprint density at radius 1 is 1.50 bits per heavy atom. The summed E-state index contributed by atoms with van der Waals surface area (Å²) in [6.07, 6.45) is 7.98. The monoisotopic (exact) mass is 249 g/mol. The first-order chi connectivity index (χ1) is 8.64. The summed E-state index contributed by atoms with van der Waals surface area (Å²) >= 11 is 0. The van der Waals surface area contributed by atoms with Crippen molar-refractivity contribution in [1.29, 1.82) is 0 Å². The fourth-order valence-corrected chi connectivity index (χ4v) is 3.52. The van der Waals surface area contributed by atoms with E-state index in [1.54, 1.807) is 0 Å². The SMILES string of the molecule is COC1CC(n2cncc2C2CCCN2)C1(C)C. The molecule has 0 amide bonds. The third kappa shape index (κ3) is 1.70. The molecule has 1 saturated carbocycles. The minimum atomic E-state index is 0.197. The molecule has 2 fully saturated rings. The zero-order chi connectivity index (χ0) is 12.8. The van der Waals surface area contributed by atoms with Crippen molar-refractivity contribution in [3.05, 3.63) is 18.2 Å². The molecule has 1 aliphatic heterocycles. The second-order valence-electron chi connectivity index (χ2n) is 6.17. The average Bonchev–Trinajstić information content (AvgIpc) is 2.97. The van der Waals surface area contributed by atoms with Gasteiger partial charge in [-0.1, -0.05) is 13.8 Å². The van der Waals surface area contributed by atoms with Gasteiger partial charge in [0.05, 0.1) is 18.1 Å². The van der Waals surface area contributed by atoms with Crippen LogP contribution < -0.4 is 5.32 Å². The van der Waals surface area contributed by atoms with E-state index < -0.39 is 0 Å². The van der Waals surface area contributed by atoms with Crippen molar-refractivity contribution in [3.8, 4) is 0 Å². The average molecular weight is 249 g/mol. The summed E-state index contributed by atoms with van der Waals surface area (Å²) in [5.74, 6) is 0. The highest BCUT2D eigenvalue weighted by Crippen LogP contribution is 2.51. The highest BCUT2D eigenvalue weighted by Gasteiger charge is 2.50. The topological polar surface area (TPSA) is 39.1 Å². The van der Waals surface area contributed by atoms with E-state index in [4.69, 9.17) is 4.74 Å². The lowest BCUT2D eigenvalue weighted by molar-refractivity contribution is -0.113. The van der Waals surface area contributed by atoms with Gasteiger partial charge in [0.1, 0.15) is 0 Å². The predicted octanol–water partition coefficient (Wildman–Crippen LogP) is 2.29. The number of aromatic nitrogens is 2. The van der Waals surface area contributed by atoms with E-state index in [-0.39, 0.29) is 5.41 Å². The molecule has 4 nitrogen and oxygen atoms in total. The molecule has 4 heteroatoms. The maximum Gasteiger partial charge on any atom is 0.0951 e. The number of hydrogen-bond donors (Lipinski definition) is 1. The smallest absolute Gasteiger partial charge is 0.0951 e. The molecule has 18 heavy (non-hydrogen) atoms. The van der Waals surface area contributed by atoms with Crippen LogP contribution in [0.4, 0.5) is 0 Å². The Morgan fingerprint density at radius 3 is 2.94 bits per heavy atom. The van der Waals surface area contributed by atoms with Crippen LogP contribution in [0.25, 0.3) is 0 Å². The van der Waals surface area contributed by atoms with Gasteiger partial charge in [0.2, 0.25) is 0 Å². The number of nitrogens with zero attached hydrogens (tertiary/aromatic N) is 2. The summed E-state index contributed by atoms with van der Waals surface area (Å²) in [4.78, 5) is 4.37. The molecule has 1 aliphatic carbocycles. The first-order valence-electron chi connectivity index (χ1n) is 6.92. The van der Waals surface area contributed by atoms with E-state index in [1.165, 1.54) is 18.5 Å². The summed E-state index contributed by atoms with van der Waals surface area (Å²) in [5.41, 5.74) is 1.54. The van der Waals surface area contributed by atoms with Gasteiger partial charge in [-0.2, -0.15) is 0 Å². The van der Waals surface area contributed by atoms with Crippen molar-refractivity contribution in [3.63, 3.8) is 0 Å². The lowest BCUT2D eigenvalue weighted by Crippen LogP contribution is -2.51. The second-order valence-corrected chi connectivity index (χ2v) is 6.17. The van der Waals surface area contributed by atoms with Crippen LogP contribution in [0.5, 0.6) is 0 Å². The molecule has 0 spiro atoms. The number of methoxy groups -OCH3 is 1. The van der Waals surface area contributed by atoms with Crippen molar-refractivity contribution >= 4 is 0 Å². The quantitative estimate of drug-likeness (QED) is 0.893. The Kier molecular flexibility index (Phi) is 2.94. The standard InChI is InChI=1S/C14H23N3O/c1-14(2)12(7-13(14)18-3)17-9-15-8-11(17)10-5-4-6-16-10/h8-10,12-13,16H,4-7H2,1-3H3. The van der Waals surface area contributed by atoms with E-state index in [9.17, 15) is 0 Å². The molecule has 3 unspecified atom stereocenters. The van der Waals surface area contributed by atoms with Crippen molar-refractivity contribution < 1.29 is 4.74 Å². The van der Waals surface area contributed by atoms with E-state index in [0.717, 1.165) is 13.0 Å². The minimum Gasteiger partial charge on any atom is -0.381 e. The summed E-state index contributed by atoms with van der Waals surface area (Å²) in [7, 11) is 1.82. The molecule has 1 N–H and O–H groups in total. The fourth-order valence-electron chi connectivity index (χ4n) is 3.52. The highest BCUT2D eigenvalue weighted by atomic mass is 16.5. The van der Waals surface area contributed by atoms with Gasteiger partial charge in [-0.15, -0.1) is 0 Å². The van der Waals surface area contributed by atoms with Crippen LogP contribution in [0.1, 0.15) is 50.9 Å². The van der Waals surface area contributed by atoms with Crippen molar-refractivity contribution in [2.45, 2.75) is 51.3 Å². The lowest BCUT2D eigenvalue weighted by Gasteiger charge is -2.52. The van der Waals surface area contributed by atoms with Crippen LogP contribution >= 0.6 is 0 Å². The normalized spacial score (nSPS) is 34.5. The molecule has 0 radical (unpaired) electrons. The third-order valence-corrected chi connectivity index (χ3v) is 4.86. The molecule has 1 saturated heterocycles. The van der Waals surface area contributed by atoms with Gasteiger partial charge in [0.25, 0.3) is 0 Å². The second kappa shape index (κ2) is 4.35. The number of imidazole rings is 1. The highest BCUT2D eigenvalue weighted by molar-refractivity contribution is 5.13. The van der Waals surface area contributed by atoms with Gasteiger partial charge in [-0.3, -0.25) is 0 Å². The Morgan fingerprint density at radius 2 is 2.33 bits per heavy atom. The van der Waals surface area contributed by atoms with Gasteiger partial charge >= 0.3 is 0 Å². The Balaban J connectivity index is 1.83. The molecule has 0 aromatic carbocycles. The largest absolute Gasteiger partial charge is 0.381 e. The molecule has 3 atom stereocenters. The number of hydrogen-bond acceptors (Lipinski definition) is 3. The zero-order valence-corrected chi connectivity index (χ0v) is 11.5. The van der Waals surface area contributed by atoms with E-state index >= 15 is 0 Å². The number of nitrogens with one attached hydrogen (secondary N) is 1. The molecule has 3 rings (SSSR count). The van der Waals surface area contributed by atoms with Crippen LogP contribution in [0.2, 0.25) is 0 Å². The summed E-state index contributed by atoms with van der Waals surface area (Å²) < 4.78 is 7.92. The number of ether oxygens (including phenoxy) is 1. The molecular weight excluding hydrogens is 226 g/mol. The molecular formula is C14H23N3O. The van der Waals surface area contributed by atoms with Gasteiger partial charge in [0.15, 0.2) is 0 Å². The van der Waals surface area contributed by atoms with E-state index in [0.29, 0.717) is 18.2 Å². The Bertz CT molecular complexity index is 420. The maximum absolute atomic E-state index is 5.55. The van der Waals surface area contributed by atoms with E-state index in [1.807, 2.05) is 19.6 Å². The van der Waals surface area contributed by atoms with Crippen molar-refractivity contribution in [2.75, 3.05) is 13.7 Å². The summed E-state index contributed by atoms with van der Waals surface area (Å²) in [6.45, 7) is 5.72. The van der Waals surface area contributed by atoms with E-state index in [2.05, 4.69) is 28.7 Å². The van der Waals surface area contributed by atoms with Gasteiger partial charge in [0, 0.05) is 30.8 Å². The summed E-state index contributed by atoms with van der Waals surface area (Å²) in [6, 6.07) is 1.01. The Hall–Kier alpha value is -0.870. The molecule has 1 aromatic rings. The van der Waals surface area contributed by atoms with Crippen LogP contribution in [-0.2, 0) is 4.74 Å². The van der Waals surface area contributed by atoms with Crippen LogP contribution in [0.3, 0.4) is 0 Å². The predicted molar refractivity (Wildman–Crippen MR) is 70.4 cm³/mol. The summed E-state index contributed by atoms with van der Waals surface area (Å²) in [5, 5.41) is 3.56. The fraction of sp³-hybridized carbons (Fsp3) is 0.786. The first-order valence-corrected chi connectivity index (χ1v) is 6.92. The van der Waals surface area contributed by atoms with Gasteiger partial charge in [-0.05, 0) is 25.8 Å². The Labute approximate surface area is 109 Å². The number of rotatable bonds is 3. The zero-order valence-electron chi connectivity index (χ0n) is 11.5. The van der Waals surface area contributed by atoms with Crippen LogP contribution in [-0.4, -0.2) is 29.3 Å². The molecule has 100 valence electrons. The van der Waals surface area contributed by atoms with Gasteiger partial charge in [-0.25, -0.2) is 4.98 Å². The van der Waals surface area contributed by atoms with Gasteiger partial charge < -0.3 is 14.6 Å².